The zero-order valence-corrected chi connectivity index (χ0v) is 23.6. The lowest BCUT2D eigenvalue weighted by atomic mass is 10.0. The minimum absolute atomic E-state index is 0.316. The molecule has 0 amide bonds. The number of Topliss-reactive ketones (excluding diaryl/α,β-unsaturated/α-hetero) is 1. The van der Waals surface area contributed by atoms with Crippen LogP contribution in [-0.4, -0.2) is 5.78 Å². The van der Waals surface area contributed by atoms with Gasteiger partial charge in [-0.15, -0.1) is 0 Å². The van der Waals surface area contributed by atoms with Gasteiger partial charge in [-0.3, -0.25) is 0 Å². The van der Waals surface area contributed by atoms with Crippen molar-refractivity contribution in [1.82, 2.24) is 0 Å². The summed E-state index contributed by atoms with van der Waals surface area (Å²) >= 11 is 0. The minimum atomic E-state index is 0.316. The standard InChI is InChI=1S/C33H62O/c1-3-4-5-6-7-8-9-10-11-12-13-14-15-16-17-18-19-20-21-22-23-24-25-26-27-28-29-30-31-32-33(2)34/h10-11,28-29H,3-9,12-27,30-32H2,1-2H3/b11-10+,29-28+. The van der Waals surface area contributed by atoms with Gasteiger partial charge in [-0.1, -0.05) is 140 Å². The molecule has 0 aromatic carbocycles. The number of carbonyl (C=O) groups excluding carboxylic acids is 1. The van der Waals surface area contributed by atoms with Gasteiger partial charge in [0.05, 0.1) is 0 Å². The predicted molar refractivity (Wildman–Crippen MR) is 155 cm³/mol. The predicted octanol–water partition coefficient (Wildman–Crippen LogP) is 11.9. The Morgan fingerprint density at radius 3 is 0.971 bits per heavy atom. The van der Waals surface area contributed by atoms with Gasteiger partial charge >= 0.3 is 0 Å². The van der Waals surface area contributed by atoms with E-state index >= 15 is 0 Å². The maximum Gasteiger partial charge on any atom is 0.129 e. The van der Waals surface area contributed by atoms with Crippen LogP contribution >= 0.6 is 0 Å². The van der Waals surface area contributed by atoms with E-state index in [1.807, 2.05) is 0 Å². The number of unbranched alkanes of at least 4 members (excludes halogenated alkanes) is 22. The monoisotopic (exact) mass is 474 g/mol. The summed E-state index contributed by atoms with van der Waals surface area (Å²) in [6.45, 7) is 3.97. The van der Waals surface area contributed by atoms with Crippen molar-refractivity contribution in [2.24, 2.45) is 0 Å². The Morgan fingerprint density at radius 1 is 0.412 bits per heavy atom. The molecule has 0 N–H and O–H groups in total. The lowest BCUT2D eigenvalue weighted by Crippen LogP contribution is -1.87. The fourth-order valence-corrected chi connectivity index (χ4v) is 4.63. The molecule has 0 atom stereocenters. The molecule has 0 aliphatic carbocycles. The van der Waals surface area contributed by atoms with Gasteiger partial charge in [0.25, 0.3) is 0 Å². The molecule has 0 rings (SSSR count). The van der Waals surface area contributed by atoms with Gasteiger partial charge in [-0.2, -0.15) is 0 Å². The Bertz CT molecular complexity index is 447. The van der Waals surface area contributed by atoms with Gasteiger partial charge in [0.15, 0.2) is 0 Å². The van der Waals surface area contributed by atoms with Crippen molar-refractivity contribution in [3.63, 3.8) is 0 Å². The third-order valence-electron chi connectivity index (χ3n) is 6.95. The molecule has 1 heteroatoms. The average molecular weight is 475 g/mol. The third-order valence-corrected chi connectivity index (χ3v) is 6.95. The molecule has 200 valence electrons. The quantitative estimate of drug-likeness (QED) is 0.0813. The highest BCUT2D eigenvalue weighted by Gasteiger charge is 1.95. The molecule has 34 heavy (non-hydrogen) atoms. The fourth-order valence-electron chi connectivity index (χ4n) is 4.63. The number of rotatable bonds is 28. The summed E-state index contributed by atoms with van der Waals surface area (Å²) in [4.78, 5) is 10.9. The topological polar surface area (TPSA) is 17.1 Å². The van der Waals surface area contributed by atoms with Crippen molar-refractivity contribution < 1.29 is 4.79 Å². The summed E-state index contributed by atoms with van der Waals surface area (Å²) in [5, 5.41) is 0. The van der Waals surface area contributed by atoms with Gasteiger partial charge in [0.1, 0.15) is 5.78 Å². The molecule has 0 aliphatic rings. The number of ketones is 1. The second kappa shape index (κ2) is 30.2. The molecule has 0 unspecified atom stereocenters. The number of hydrogen-bond acceptors (Lipinski definition) is 1. The molecule has 0 radical (unpaired) electrons. The lowest BCUT2D eigenvalue weighted by molar-refractivity contribution is -0.117. The van der Waals surface area contributed by atoms with Crippen molar-refractivity contribution in [3.8, 4) is 0 Å². The Morgan fingerprint density at radius 2 is 0.676 bits per heavy atom. The Kier molecular flexibility index (Phi) is 29.4. The zero-order valence-electron chi connectivity index (χ0n) is 23.6. The molecular weight excluding hydrogens is 412 g/mol. The molecule has 0 aromatic heterocycles. The van der Waals surface area contributed by atoms with E-state index < -0.39 is 0 Å². The molecule has 0 bridgehead atoms. The molecular formula is C33H62O. The van der Waals surface area contributed by atoms with Crippen LogP contribution in [0.3, 0.4) is 0 Å². The maximum atomic E-state index is 10.9. The molecule has 0 aromatic rings. The second-order valence-electron chi connectivity index (χ2n) is 10.6. The van der Waals surface area contributed by atoms with Crippen LogP contribution in [0, 0.1) is 0 Å². The fraction of sp³-hybridized carbons (Fsp3) is 0.848. The average Bonchev–Trinajstić information content (AvgIpc) is 2.83. The van der Waals surface area contributed by atoms with Crippen molar-refractivity contribution in [3.05, 3.63) is 24.3 Å². The van der Waals surface area contributed by atoms with Gasteiger partial charge in [-0.05, 0) is 58.3 Å². The van der Waals surface area contributed by atoms with Gasteiger partial charge in [0.2, 0.25) is 0 Å². The van der Waals surface area contributed by atoms with Crippen LogP contribution in [0.2, 0.25) is 0 Å². The van der Waals surface area contributed by atoms with Crippen LogP contribution in [0.5, 0.6) is 0 Å². The molecule has 0 heterocycles. The summed E-state index contributed by atoms with van der Waals surface area (Å²) in [5.74, 6) is 0.316. The van der Waals surface area contributed by atoms with E-state index in [-0.39, 0.29) is 0 Å². The summed E-state index contributed by atoms with van der Waals surface area (Å²) in [6.07, 6.45) is 44.5. The Labute approximate surface area is 215 Å². The molecule has 0 saturated carbocycles. The highest BCUT2D eigenvalue weighted by Crippen LogP contribution is 2.14. The van der Waals surface area contributed by atoms with E-state index in [1.165, 1.54) is 148 Å². The lowest BCUT2D eigenvalue weighted by Gasteiger charge is -2.03. The van der Waals surface area contributed by atoms with Crippen molar-refractivity contribution in [2.75, 3.05) is 0 Å². The van der Waals surface area contributed by atoms with E-state index in [4.69, 9.17) is 0 Å². The molecule has 0 aliphatic heterocycles. The van der Waals surface area contributed by atoms with Crippen LogP contribution in [-0.2, 0) is 4.79 Å². The first-order valence-corrected chi connectivity index (χ1v) is 15.6. The van der Waals surface area contributed by atoms with Gasteiger partial charge in [-0.25, -0.2) is 0 Å². The number of allylic oxidation sites excluding steroid dienone is 4. The maximum absolute atomic E-state index is 10.9. The van der Waals surface area contributed by atoms with E-state index in [2.05, 4.69) is 31.2 Å². The Hall–Kier alpha value is -0.850. The van der Waals surface area contributed by atoms with Crippen LogP contribution in [0.25, 0.3) is 0 Å². The highest BCUT2D eigenvalue weighted by atomic mass is 16.1. The summed E-state index contributed by atoms with van der Waals surface area (Å²) in [7, 11) is 0. The largest absolute Gasteiger partial charge is 0.300 e. The molecule has 0 spiro atoms. The van der Waals surface area contributed by atoms with Crippen LogP contribution in [0.1, 0.15) is 181 Å². The minimum Gasteiger partial charge on any atom is -0.300 e. The highest BCUT2D eigenvalue weighted by molar-refractivity contribution is 5.75. The second-order valence-corrected chi connectivity index (χ2v) is 10.6. The summed E-state index contributed by atoms with van der Waals surface area (Å²) < 4.78 is 0. The molecule has 0 fully saturated rings. The first kappa shape index (κ1) is 33.1. The summed E-state index contributed by atoms with van der Waals surface area (Å²) in [6, 6.07) is 0. The number of carbonyl (C=O) groups is 1. The van der Waals surface area contributed by atoms with E-state index in [9.17, 15) is 4.79 Å². The van der Waals surface area contributed by atoms with E-state index in [0.717, 1.165) is 19.3 Å². The van der Waals surface area contributed by atoms with Crippen LogP contribution in [0.15, 0.2) is 24.3 Å². The van der Waals surface area contributed by atoms with Crippen molar-refractivity contribution in [2.45, 2.75) is 181 Å². The van der Waals surface area contributed by atoms with Crippen molar-refractivity contribution in [1.29, 1.82) is 0 Å². The molecule has 1 nitrogen and oxygen atoms in total. The van der Waals surface area contributed by atoms with Crippen LogP contribution < -0.4 is 0 Å². The Balaban J connectivity index is 3.10. The van der Waals surface area contributed by atoms with E-state index in [1.54, 1.807) is 6.92 Å². The van der Waals surface area contributed by atoms with E-state index in [0.29, 0.717) is 5.78 Å². The first-order chi connectivity index (χ1) is 16.8. The number of hydrogen-bond donors (Lipinski definition) is 0. The smallest absolute Gasteiger partial charge is 0.129 e. The molecule has 0 saturated heterocycles. The van der Waals surface area contributed by atoms with Gasteiger partial charge in [0, 0.05) is 6.42 Å². The van der Waals surface area contributed by atoms with Gasteiger partial charge < -0.3 is 4.79 Å². The zero-order chi connectivity index (χ0) is 24.8. The normalized spacial score (nSPS) is 11.8. The SMILES string of the molecule is CCCCCCCC/C=C/CCCCCCCCCCCCCCCC/C=C/CCCC(C)=O. The van der Waals surface area contributed by atoms with Crippen molar-refractivity contribution >= 4 is 5.78 Å². The summed E-state index contributed by atoms with van der Waals surface area (Å²) in [5.41, 5.74) is 0. The third kappa shape index (κ3) is 31.1. The first-order valence-electron chi connectivity index (χ1n) is 15.6. The van der Waals surface area contributed by atoms with Crippen LogP contribution in [0.4, 0.5) is 0 Å².